The van der Waals surface area contributed by atoms with Crippen LogP contribution in [0.25, 0.3) is 0 Å². The number of anilines is 2. The van der Waals surface area contributed by atoms with Crippen LogP contribution in [0.15, 0.2) is 24.3 Å². The van der Waals surface area contributed by atoms with Crippen LogP contribution in [0.2, 0.25) is 0 Å². The Bertz CT molecular complexity index is 482. The fourth-order valence-electron chi connectivity index (χ4n) is 2.94. The Labute approximate surface area is 130 Å². The molecule has 0 aliphatic carbocycles. The van der Waals surface area contributed by atoms with Crippen LogP contribution in [-0.4, -0.2) is 43.1 Å². The van der Waals surface area contributed by atoms with E-state index in [0.29, 0.717) is 0 Å². The van der Waals surface area contributed by atoms with Crippen LogP contribution in [0.5, 0.6) is 0 Å². The normalized spacial score (nSPS) is 22.9. The molecule has 114 valence electrons. The predicted molar refractivity (Wildman–Crippen MR) is 90.3 cm³/mol. The molecular formula is C16H23N3OS. The molecule has 0 aromatic heterocycles. The topological polar surface area (TPSA) is 44.4 Å². The molecule has 1 aromatic carbocycles. The van der Waals surface area contributed by atoms with Gasteiger partial charge in [-0.1, -0.05) is 12.1 Å². The lowest BCUT2D eigenvalue weighted by atomic mass is 10.1. The summed E-state index contributed by atoms with van der Waals surface area (Å²) in [4.78, 5) is 14.8. The van der Waals surface area contributed by atoms with Gasteiger partial charge in [-0.2, -0.15) is 11.8 Å². The van der Waals surface area contributed by atoms with Gasteiger partial charge in [0.1, 0.15) is 0 Å². The van der Waals surface area contributed by atoms with Crippen molar-refractivity contribution >= 4 is 29.0 Å². The summed E-state index contributed by atoms with van der Waals surface area (Å²) >= 11 is 1.84. The van der Waals surface area contributed by atoms with Gasteiger partial charge in [0.15, 0.2) is 0 Å². The van der Waals surface area contributed by atoms with E-state index in [1.165, 1.54) is 19.3 Å². The molecular weight excluding hydrogens is 282 g/mol. The number of hydrogen-bond acceptors (Lipinski definition) is 4. The number of thioether (sulfide) groups is 1. The molecule has 2 aliphatic rings. The second kappa shape index (κ2) is 7.18. The lowest BCUT2D eigenvalue weighted by Crippen LogP contribution is -2.46. The first-order valence-electron chi connectivity index (χ1n) is 7.80. The van der Waals surface area contributed by atoms with E-state index in [0.717, 1.165) is 42.5 Å². The number of nitrogens with one attached hydrogen (secondary N) is 2. The third kappa shape index (κ3) is 3.71. The second-order valence-electron chi connectivity index (χ2n) is 5.64. The van der Waals surface area contributed by atoms with Gasteiger partial charge in [-0.25, -0.2) is 0 Å². The molecule has 21 heavy (non-hydrogen) atoms. The van der Waals surface area contributed by atoms with Gasteiger partial charge in [0.25, 0.3) is 0 Å². The lowest BCUT2D eigenvalue weighted by Gasteiger charge is -2.31. The van der Waals surface area contributed by atoms with Crippen LogP contribution in [0.1, 0.15) is 19.3 Å². The summed E-state index contributed by atoms with van der Waals surface area (Å²) < 4.78 is 0. The van der Waals surface area contributed by atoms with E-state index in [-0.39, 0.29) is 11.9 Å². The van der Waals surface area contributed by atoms with Gasteiger partial charge in [-0.05, 0) is 31.4 Å². The standard InChI is InChI=1S/C16H23N3OS/c20-16(14-12-21-11-8-17-14)18-13-6-2-3-7-15(13)19-9-4-1-5-10-19/h2-3,6-7,14,17H,1,4-5,8-12H2,(H,18,20). The van der Waals surface area contributed by atoms with Crippen LogP contribution >= 0.6 is 11.8 Å². The molecule has 1 unspecified atom stereocenters. The maximum Gasteiger partial charge on any atom is 0.242 e. The largest absolute Gasteiger partial charge is 0.370 e. The van der Waals surface area contributed by atoms with E-state index in [2.05, 4.69) is 21.6 Å². The zero-order valence-corrected chi connectivity index (χ0v) is 13.1. The number of hydrogen-bond donors (Lipinski definition) is 2. The van der Waals surface area contributed by atoms with Crippen molar-refractivity contribution in [2.24, 2.45) is 0 Å². The maximum atomic E-state index is 12.4. The van der Waals surface area contributed by atoms with Crippen LogP contribution in [0, 0.1) is 0 Å². The van der Waals surface area contributed by atoms with Gasteiger partial charge in [0, 0.05) is 31.1 Å². The molecule has 5 heteroatoms. The highest BCUT2D eigenvalue weighted by atomic mass is 32.2. The molecule has 0 radical (unpaired) electrons. The van der Waals surface area contributed by atoms with Crippen molar-refractivity contribution in [3.8, 4) is 0 Å². The summed E-state index contributed by atoms with van der Waals surface area (Å²) in [7, 11) is 0. The number of piperidine rings is 1. The molecule has 4 nitrogen and oxygen atoms in total. The zero-order chi connectivity index (χ0) is 14.5. The van der Waals surface area contributed by atoms with E-state index in [1.807, 2.05) is 30.0 Å². The number of nitrogens with zero attached hydrogens (tertiary/aromatic N) is 1. The highest BCUT2D eigenvalue weighted by molar-refractivity contribution is 7.99. The zero-order valence-electron chi connectivity index (χ0n) is 12.3. The molecule has 2 fully saturated rings. The lowest BCUT2D eigenvalue weighted by molar-refractivity contribution is -0.117. The van der Waals surface area contributed by atoms with E-state index in [4.69, 9.17) is 0 Å². The highest BCUT2D eigenvalue weighted by Crippen LogP contribution is 2.28. The third-order valence-corrected chi connectivity index (χ3v) is 5.16. The molecule has 2 heterocycles. The Morgan fingerprint density at radius 1 is 1.24 bits per heavy atom. The molecule has 1 amide bonds. The summed E-state index contributed by atoms with van der Waals surface area (Å²) in [5.41, 5.74) is 2.11. The maximum absolute atomic E-state index is 12.4. The van der Waals surface area contributed by atoms with Crippen molar-refractivity contribution in [1.29, 1.82) is 0 Å². The first-order chi connectivity index (χ1) is 10.3. The summed E-state index contributed by atoms with van der Waals surface area (Å²) in [6.45, 7) is 3.09. The average Bonchev–Trinajstić information content (AvgIpc) is 2.57. The molecule has 3 rings (SSSR count). The smallest absolute Gasteiger partial charge is 0.242 e. The minimum Gasteiger partial charge on any atom is -0.370 e. The Morgan fingerprint density at radius 2 is 2.05 bits per heavy atom. The van der Waals surface area contributed by atoms with E-state index < -0.39 is 0 Å². The van der Waals surface area contributed by atoms with Crippen molar-refractivity contribution < 1.29 is 4.79 Å². The van der Waals surface area contributed by atoms with Gasteiger partial charge in [-0.15, -0.1) is 0 Å². The molecule has 2 aliphatic heterocycles. The number of carbonyl (C=O) groups excluding carboxylic acids is 1. The Kier molecular flexibility index (Phi) is 5.04. The Hall–Kier alpha value is -1.20. The van der Waals surface area contributed by atoms with Gasteiger partial charge in [-0.3, -0.25) is 4.79 Å². The molecule has 1 atom stereocenters. The predicted octanol–water partition coefficient (Wildman–Crippen LogP) is 2.32. The van der Waals surface area contributed by atoms with Gasteiger partial charge >= 0.3 is 0 Å². The van der Waals surface area contributed by atoms with Crippen molar-refractivity contribution in [2.75, 3.05) is 41.4 Å². The van der Waals surface area contributed by atoms with Gasteiger partial charge in [0.05, 0.1) is 17.4 Å². The molecule has 1 aromatic rings. The van der Waals surface area contributed by atoms with Gasteiger partial charge in [0.2, 0.25) is 5.91 Å². The minimum atomic E-state index is -0.0711. The summed E-state index contributed by atoms with van der Waals surface area (Å²) in [5.74, 6) is 2.04. The Morgan fingerprint density at radius 3 is 2.81 bits per heavy atom. The fourth-order valence-corrected chi connectivity index (χ4v) is 3.88. The summed E-state index contributed by atoms with van der Waals surface area (Å²) in [6.07, 6.45) is 3.79. The van der Waals surface area contributed by atoms with Crippen molar-refractivity contribution in [3.05, 3.63) is 24.3 Å². The number of rotatable bonds is 3. The third-order valence-electron chi connectivity index (χ3n) is 4.10. The average molecular weight is 305 g/mol. The van der Waals surface area contributed by atoms with Crippen molar-refractivity contribution in [2.45, 2.75) is 25.3 Å². The highest BCUT2D eigenvalue weighted by Gasteiger charge is 2.22. The number of benzene rings is 1. The fraction of sp³-hybridized carbons (Fsp3) is 0.562. The number of amides is 1. The van der Waals surface area contributed by atoms with Crippen LogP contribution < -0.4 is 15.5 Å². The number of carbonyl (C=O) groups is 1. The van der Waals surface area contributed by atoms with Crippen molar-refractivity contribution in [1.82, 2.24) is 5.32 Å². The van der Waals surface area contributed by atoms with Crippen LogP contribution in [-0.2, 0) is 4.79 Å². The SMILES string of the molecule is O=C(Nc1ccccc1N1CCCCC1)C1CSCCN1. The van der Waals surface area contributed by atoms with E-state index in [1.54, 1.807) is 0 Å². The monoisotopic (exact) mass is 305 g/mol. The quantitative estimate of drug-likeness (QED) is 0.899. The van der Waals surface area contributed by atoms with E-state index >= 15 is 0 Å². The summed E-state index contributed by atoms with van der Waals surface area (Å²) in [6, 6.07) is 8.10. The first kappa shape index (κ1) is 14.7. The second-order valence-corrected chi connectivity index (χ2v) is 6.79. The van der Waals surface area contributed by atoms with Crippen molar-refractivity contribution in [3.63, 3.8) is 0 Å². The molecule has 0 bridgehead atoms. The Balaban J connectivity index is 1.70. The van der Waals surface area contributed by atoms with Gasteiger partial charge < -0.3 is 15.5 Å². The molecule has 0 spiro atoms. The van der Waals surface area contributed by atoms with Crippen LogP contribution in [0.4, 0.5) is 11.4 Å². The van der Waals surface area contributed by atoms with E-state index in [9.17, 15) is 4.79 Å². The molecule has 0 saturated carbocycles. The number of para-hydroxylation sites is 2. The molecule has 2 N–H and O–H groups in total. The van der Waals surface area contributed by atoms with Crippen LogP contribution in [0.3, 0.4) is 0 Å². The molecule has 2 saturated heterocycles. The minimum absolute atomic E-state index is 0.0711. The first-order valence-corrected chi connectivity index (χ1v) is 8.96. The summed E-state index contributed by atoms with van der Waals surface area (Å²) in [5, 5.41) is 6.41.